The van der Waals surface area contributed by atoms with Crippen LogP contribution in [0.25, 0.3) is 11.1 Å². The van der Waals surface area contributed by atoms with E-state index in [1.165, 1.54) is 24.2 Å². The van der Waals surface area contributed by atoms with Gasteiger partial charge in [-0.05, 0) is 66.3 Å². The molecule has 0 unspecified atom stereocenters. The summed E-state index contributed by atoms with van der Waals surface area (Å²) in [5, 5.41) is 34.7. The summed E-state index contributed by atoms with van der Waals surface area (Å²) in [4.78, 5) is 149. The number of aliphatic carboxylic acids is 1. The first-order valence-corrected chi connectivity index (χ1v) is 25.1. The van der Waals surface area contributed by atoms with Crippen molar-refractivity contribution in [2.24, 2.45) is 11.1 Å². The topological polar surface area (TPSA) is 351 Å². The maximum Gasteiger partial charge on any atom is 0.305 e. The Morgan fingerprint density at radius 2 is 1.35 bits per heavy atom. The van der Waals surface area contributed by atoms with Gasteiger partial charge in [0.15, 0.2) is 0 Å². The second-order valence-electron chi connectivity index (χ2n) is 19.7. The molecule has 0 radical (unpaired) electrons. The minimum Gasteiger partial charge on any atom is -0.481 e. The zero-order valence-corrected chi connectivity index (χ0v) is 44.2. The van der Waals surface area contributed by atoms with E-state index in [1.807, 2.05) is 12.1 Å². The monoisotopic (exact) mass is 1110 g/mol. The van der Waals surface area contributed by atoms with Crippen molar-refractivity contribution in [2.75, 3.05) is 32.8 Å². The minimum absolute atomic E-state index is 0.0985. The normalized spacial score (nSPS) is 14.0. The number of halogens is 2. The first-order valence-electron chi connectivity index (χ1n) is 25.1. The smallest absolute Gasteiger partial charge is 0.305 e. The van der Waals surface area contributed by atoms with Crippen LogP contribution in [-0.2, 0) is 65.7 Å². The van der Waals surface area contributed by atoms with Crippen LogP contribution in [-0.4, -0.2) is 152 Å². The Labute approximate surface area is 457 Å². The molecule has 10 N–H and O–H groups in total. The van der Waals surface area contributed by atoms with E-state index in [9.17, 15) is 67.3 Å². The van der Waals surface area contributed by atoms with Gasteiger partial charge in [0.25, 0.3) is 11.8 Å². The van der Waals surface area contributed by atoms with Crippen LogP contribution in [0.15, 0.2) is 97.5 Å². The number of rotatable bonds is 28. The van der Waals surface area contributed by atoms with Gasteiger partial charge in [-0.1, -0.05) is 51.1 Å². The highest BCUT2D eigenvalue weighted by molar-refractivity contribution is 6.14. The third-order valence-corrected chi connectivity index (χ3v) is 12.4. The van der Waals surface area contributed by atoms with Gasteiger partial charge in [0, 0.05) is 73.7 Å². The number of aliphatic hydroxyl groups is 1. The van der Waals surface area contributed by atoms with Crippen molar-refractivity contribution in [1.82, 2.24) is 51.3 Å². The van der Waals surface area contributed by atoms with Gasteiger partial charge in [-0.2, -0.15) is 0 Å². The number of nitrogens with zero attached hydrogens (tertiary/aromatic N) is 4. The number of nitrogens with one attached hydrogen (secondary N) is 6. The molecule has 5 rings (SSSR count). The lowest BCUT2D eigenvalue weighted by Crippen LogP contribution is -2.59. The summed E-state index contributed by atoms with van der Waals surface area (Å²) in [5.74, 6) is -12.4. The van der Waals surface area contributed by atoms with Gasteiger partial charge in [0.2, 0.25) is 47.3 Å². The average molecular weight is 1110 g/mol. The molecule has 24 nitrogen and oxygen atoms in total. The van der Waals surface area contributed by atoms with Gasteiger partial charge < -0.3 is 57.3 Å². The number of carboxylic acids is 1. The van der Waals surface area contributed by atoms with Crippen LogP contribution >= 0.6 is 0 Å². The number of aliphatic hydroxyl groups excluding tert-OH is 1. The molecule has 1 aliphatic heterocycles. The first-order chi connectivity index (χ1) is 37.8. The van der Waals surface area contributed by atoms with E-state index >= 15 is 4.39 Å². The van der Waals surface area contributed by atoms with Gasteiger partial charge in [-0.25, -0.2) is 8.78 Å². The highest BCUT2D eigenvalue weighted by atomic mass is 19.1. The van der Waals surface area contributed by atoms with Crippen molar-refractivity contribution >= 4 is 65.0 Å². The first kappa shape index (κ1) is 61.7. The number of carbonyl (C=O) groups excluding carboxylic acids is 10. The fraction of sp³-hybridized carbons (Fsp3) is 0.370. The van der Waals surface area contributed by atoms with E-state index in [1.54, 1.807) is 67.9 Å². The molecule has 0 aliphatic carbocycles. The Hall–Kier alpha value is -9.20. The van der Waals surface area contributed by atoms with Crippen LogP contribution < -0.4 is 37.6 Å². The Morgan fingerprint density at radius 1 is 0.738 bits per heavy atom. The van der Waals surface area contributed by atoms with E-state index in [0.717, 1.165) is 35.9 Å². The number of nitrogens with two attached hydrogens (primary N) is 1. The molecule has 1 aliphatic rings. The SMILES string of the molecule is C[C@H](NC(=O)Cc1ccncc1)C(=O)N[C@H](CC(N)=O)C(=O)N[C@@H](CC(=O)O)C(=O)N[C@@H](CCN(C(=O)CO)[C@@H](c1cc(-c2cc(F)ccc2F)cn1Cc1ccccc1)C(C)(C)C)C(=O)NCCNC(=O)CN1C(=O)C=CC1=O. The second kappa shape index (κ2) is 28.4. The number of carbonyl (C=O) groups is 11. The fourth-order valence-electron chi connectivity index (χ4n) is 8.61. The predicted molar refractivity (Wildman–Crippen MR) is 280 cm³/mol. The van der Waals surface area contributed by atoms with Gasteiger partial charge in [-0.15, -0.1) is 0 Å². The largest absolute Gasteiger partial charge is 0.481 e. The Kier molecular flexibility index (Phi) is 21.9. The van der Waals surface area contributed by atoms with Crippen molar-refractivity contribution in [2.45, 2.75) is 90.1 Å². The number of benzene rings is 2. The van der Waals surface area contributed by atoms with Crippen molar-refractivity contribution in [3.63, 3.8) is 0 Å². The summed E-state index contributed by atoms with van der Waals surface area (Å²) in [6.45, 7) is 3.91. The number of hydrogen-bond acceptors (Lipinski definition) is 13. The molecule has 4 aromatic rings. The quantitative estimate of drug-likeness (QED) is 0.0265. The number of hydrogen-bond donors (Lipinski definition) is 9. The lowest BCUT2D eigenvalue weighted by atomic mass is 9.82. The number of aromatic nitrogens is 2. The molecule has 80 heavy (non-hydrogen) atoms. The molecular formula is C54H63F2N11O13. The lowest BCUT2D eigenvalue weighted by molar-refractivity contribution is -0.142. The number of pyridine rings is 1. The maximum atomic E-state index is 15.4. The van der Waals surface area contributed by atoms with E-state index in [2.05, 4.69) is 36.9 Å². The molecule has 0 bridgehead atoms. The van der Waals surface area contributed by atoms with E-state index < -0.39 is 151 Å². The van der Waals surface area contributed by atoms with Gasteiger partial charge in [0.05, 0.1) is 25.3 Å². The number of primary amides is 1. The van der Waals surface area contributed by atoms with Crippen LogP contribution in [0, 0.1) is 17.0 Å². The summed E-state index contributed by atoms with van der Waals surface area (Å²) in [6, 6.07) is 8.74. The van der Waals surface area contributed by atoms with Gasteiger partial charge in [-0.3, -0.25) is 62.6 Å². The molecule has 10 amide bonds. The Bertz CT molecular complexity index is 2970. The van der Waals surface area contributed by atoms with Crippen molar-refractivity contribution in [3.8, 4) is 11.1 Å². The highest BCUT2D eigenvalue weighted by Crippen LogP contribution is 2.41. The van der Waals surface area contributed by atoms with Crippen molar-refractivity contribution < 1.29 is 71.7 Å². The molecule has 5 atom stereocenters. The summed E-state index contributed by atoms with van der Waals surface area (Å²) < 4.78 is 31.8. The Balaban J connectivity index is 1.44. The minimum atomic E-state index is -2.04. The van der Waals surface area contributed by atoms with Crippen LogP contribution in [0.3, 0.4) is 0 Å². The fourth-order valence-corrected chi connectivity index (χ4v) is 8.61. The highest BCUT2D eigenvalue weighted by Gasteiger charge is 2.39. The van der Waals surface area contributed by atoms with Crippen LogP contribution in [0.5, 0.6) is 0 Å². The average Bonchev–Trinajstić information content (AvgIpc) is 4.10. The summed E-state index contributed by atoms with van der Waals surface area (Å²) >= 11 is 0. The van der Waals surface area contributed by atoms with E-state index in [0.29, 0.717) is 16.2 Å². The standard InChI is InChI=1S/C54H63F2N11O13/c1-31(61-43(70)22-32-14-17-58-18-15-32)50(77)63-39(25-42(57)69)52(79)64-40(26-48(75)76)53(80)62-38(51(78)60-20-19-59-44(71)29-67-45(72)12-13-46(67)73)16-21-66(47(74)30-68)49(54(2,3)4)41-23-34(36-24-35(55)10-11-37(36)56)28-65(41)27-33-8-6-5-7-9-33/h5-15,17-18,23-24,28,31,38-40,49,68H,16,19-22,25-27,29-30H2,1-4H3,(H2,57,69)(H,59,71)(H,60,78)(H,61,70)(H,62,80)(H,63,77)(H,64,79)(H,75,76)/t31-,38-,39+,40-,49-/m0/s1. The molecule has 0 fully saturated rings. The number of imide groups is 1. The van der Waals surface area contributed by atoms with E-state index in [4.69, 9.17) is 5.73 Å². The zero-order chi connectivity index (χ0) is 58.8. The third-order valence-electron chi connectivity index (χ3n) is 12.4. The number of carboxylic acid groups (broad SMARTS) is 1. The molecule has 3 heterocycles. The summed E-state index contributed by atoms with van der Waals surface area (Å²) in [7, 11) is 0. The van der Waals surface area contributed by atoms with Crippen LogP contribution in [0.1, 0.15) is 69.8 Å². The van der Waals surface area contributed by atoms with E-state index in [-0.39, 0.29) is 37.2 Å². The molecule has 2 aromatic carbocycles. The number of amides is 10. The van der Waals surface area contributed by atoms with Crippen LogP contribution in [0.4, 0.5) is 8.78 Å². The zero-order valence-electron chi connectivity index (χ0n) is 44.2. The van der Waals surface area contributed by atoms with Crippen molar-refractivity contribution in [3.05, 3.63) is 126 Å². The lowest BCUT2D eigenvalue weighted by Gasteiger charge is -2.41. The molecule has 0 spiro atoms. The van der Waals surface area contributed by atoms with Crippen LogP contribution in [0.2, 0.25) is 0 Å². The molecule has 0 saturated heterocycles. The molecule has 26 heteroatoms. The molecular weight excluding hydrogens is 1050 g/mol. The summed E-state index contributed by atoms with van der Waals surface area (Å²) in [6.07, 6.45) is 3.81. The third kappa shape index (κ3) is 17.9. The molecule has 2 aromatic heterocycles. The predicted octanol–water partition coefficient (Wildman–Crippen LogP) is -0.116. The van der Waals surface area contributed by atoms with Gasteiger partial charge in [0.1, 0.15) is 49.0 Å². The Morgan fingerprint density at radius 3 is 1.96 bits per heavy atom. The maximum absolute atomic E-state index is 15.4. The van der Waals surface area contributed by atoms with Crippen molar-refractivity contribution in [1.29, 1.82) is 0 Å². The second-order valence-corrected chi connectivity index (χ2v) is 19.7. The summed E-state index contributed by atoms with van der Waals surface area (Å²) in [5.41, 5.74) is 6.29. The molecule has 0 saturated carbocycles. The van der Waals surface area contributed by atoms with Gasteiger partial charge >= 0.3 is 5.97 Å². The molecule has 426 valence electrons.